The maximum atomic E-state index is 12.9. The van der Waals surface area contributed by atoms with E-state index in [1.165, 1.54) is 54.6 Å². The van der Waals surface area contributed by atoms with Gasteiger partial charge < -0.3 is 4.74 Å². The fourth-order valence-electron chi connectivity index (χ4n) is 2.49. The van der Waals surface area contributed by atoms with Crippen molar-refractivity contribution < 1.29 is 31.9 Å². The molecule has 3 nitrogen and oxygen atoms in total. The van der Waals surface area contributed by atoms with Crippen molar-refractivity contribution in [3.05, 3.63) is 107 Å². The van der Waals surface area contributed by atoms with Gasteiger partial charge in [0.25, 0.3) is 0 Å². The number of benzene rings is 3. The standard InChI is InChI=1S/C23H14F4O3/c24-19-10-1-15(2-11-19)3-14-21(28)16-6-12-20(13-7-16)30-22(29)17-4-8-18(9-5-17)23(25,26)27/h1-14H/b14-3+. The zero-order chi connectivity index (χ0) is 21.7. The van der Waals surface area contributed by atoms with Crippen LogP contribution in [0.5, 0.6) is 5.75 Å². The van der Waals surface area contributed by atoms with Gasteiger partial charge in [0.15, 0.2) is 5.78 Å². The first kappa shape index (κ1) is 21.0. The third-order valence-electron chi connectivity index (χ3n) is 4.09. The highest BCUT2D eigenvalue weighted by Crippen LogP contribution is 2.29. The van der Waals surface area contributed by atoms with Crippen molar-refractivity contribution in [1.82, 2.24) is 0 Å². The van der Waals surface area contributed by atoms with E-state index in [4.69, 9.17) is 4.74 Å². The van der Waals surface area contributed by atoms with Gasteiger partial charge in [0.1, 0.15) is 11.6 Å². The highest BCUT2D eigenvalue weighted by Gasteiger charge is 2.30. The molecule has 30 heavy (non-hydrogen) atoms. The first-order chi connectivity index (χ1) is 14.2. The zero-order valence-electron chi connectivity index (χ0n) is 15.3. The maximum Gasteiger partial charge on any atom is 0.416 e. The van der Waals surface area contributed by atoms with E-state index >= 15 is 0 Å². The largest absolute Gasteiger partial charge is 0.423 e. The molecule has 152 valence electrons. The van der Waals surface area contributed by atoms with Crippen molar-refractivity contribution >= 4 is 17.8 Å². The van der Waals surface area contributed by atoms with Crippen LogP contribution in [0.4, 0.5) is 17.6 Å². The Balaban J connectivity index is 1.63. The van der Waals surface area contributed by atoms with Crippen molar-refractivity contribution in [3.8, 4) is 5.75 Å². The number of hydrogen-bond donors (Lipinski definition) is 0. The molecule has 0 atom stereocenters. The normalized spacial score (nSPS) is 11.5. The lowest BCUT2D eigenvalue weighted by molar-refractivity contribution is -0.137. The highest BCUT2D eigenvalue weighted by atomic mass is 19.4. The number of ketones is 1. The summed E-state index contributed by atoms with van der Waals surface area (Å²) in [5, 5.41) is 0. The van der Waals surface area contributed by atoms with Gasteiger partial charge in [0.2, 0.25) is 0 Å². The summed E-state index contributed by atoms with van der Waals surface area (Å²) in [5.74, 6) is -1.36. The molecule has 0 radical (unpaired) electrons. The van der Waals surface area contributed by atoms with Gasteiger partial charge >= 0.3 is 12.1 Å². The summed E-state index contributed by atoms with van der Waals surface area (Å²) in [6.45, 7) is 0. The summed E-state index contributed by atoms with van der Waals surface area (Å²) >= 11 is 0. The molecule has 0 fully saturated rings. The van der Waals surface area contributed by atoms with Crippen LogP contribution in [0.25, 0.3) is 6.08 Å². The summed E-state index contributed by atoms with van der Waals surface area (Å²) in [5.41, 5.74) is 0.0931. The van der Waals surface area contributed by atoms with Crippen LogP contribution in [-0.4, -0.2) is 11.8 Å². The molecule has 0 heterocycles. The molecule has 3 aromatic rings. The molecular weight excluding hydrogens is 400 g/mol. The number of alkyl halides is 3. The summed E-state index contributed by atoms with van der Waals surface area (Å²) < 4.78 is 55.7. The molecule has 3 rings (SSSR count). The zero-order valence-corrected chi connectivity index (χ0v) is 15.3. The summed E-state index contributed by atoms with van der Waals surface area (Å²) in [7, 11) is 0. The van der Waals surface area contributed by atoms with E-state index in [2.05, 4.69) is 0 Å². The van der Waals surface area contributed by atoms with E-state index in [1.54, 1.807) is 6.08 Å². The van der Waals surface area contributed by atoms with Crippen LogP contribution in [-0.2, 0) is 6.18 Å². The van der Waals surface area contributed by atoms with Gasteiger partial charge in [-0.2, -0.15) is 13.2 Å². The van der Waals surface area contributed by atoms with Crippen molar-refractivity contribution in [1.29, 1.82) is 0 Å². The summed E-state index contributed by atoms with van der Waals surface area (Å²) in [6.07, 6.45) is -1.62. The van der Waals surface area contributed by atoms with Gasteiger partial charge in [-0.25, -0.2) is 9.18 Å². The van der Waals surface area contributed by atoms with Crippen LogP contribution in [0.3, 0.4) is 0 Å². The van der Waals surface area contributed by atoms with E-state index in [1.807, 2.05) is 0 Å². The molecule has 0 saturated heterocycles. The average Bonchev–Trinajstić information content (AvgIpc) is 2.73. The van der Waals surface area contributed by atoms with E-state index in [9.17, 15) is 27.2 Å². The number of ether oxygens (including phenoxy) is 1. The third-order valence-corrected chi connectivity index (χ3v) is 4.09. The number of carbonyl (C=O) groups excluding carboxylic acids is 2. The highest BCUT2D eigenvalue weighted by molar-refractivity contribution is 6.06. The minimum Gasteiger partial charge on any atom is -0.423 e. The quantitative estimate of drug-likeness (QED) is 0.170. The number of allylic oxidation sites excluding steroid dienone is 1. The fourth-order valence-corrected chi connectivity index (χ4v) is 2.49. The van der Waals surface area contributed by atoms with E-state index in [0.29, 0.717) is 11.1 Å². The predicted octanol–water partition coefficient (Wildman–Crippen LogP) is 5.96. The monoisotopic (exact) mass is 414 g/mol. The van der Waals surface area contributed by atoms with Crippen LogP contribution >= 0.6 is 0 Å². The Morgan fingerprint density at radius 1 is 0.767 bits per heavy atom. The molecule has 0 amide bonds. The summed E-state index contributed by atoms with van der Waals surface area (Å²) in [6, 6.07) is 15.0. The Kier molecular flexibility index (Phi) is 6.11. The number of rotatable bonds is 5. The van der Waals surface area contributed by atoms with E-state index in [0.717, 1.165) is 24.3 Å². The lowest BCUT2D eigenvalue weighted by Gasteiger charge is -2.08. The molecular formula is C23H14F4O3. The van der Waals surface area contributed by atoms with Gasteiger partial charge in [-0.15, -0.1) is 0 Å². The molecule has 0 aliphatic heterocycles. The molecule has 0 saturated carbocycles. The lowest BCUT2D eigenvalue weighted by Crippen LogP contribution is -2.10. The smallest absolute Gasteiger partial charge is 0.416 e. The Hall–Kier alpha value is -3.74. The van der Waals surface area contributed by atoms with Crippen LogP contribution < -0.4 is 4.74 Å². The summed E-state index contributed by atoms with van der Waals surface area (Å²) in [4.78, 5) is 24.3. The van der Waals surface area contributed by atoms with Gasteiger partial charge in [0.05, 0.1) is 11.1 Å². The number of hydrogen-bond acceptors (Lipinski definition) is 3. The molecule has 0 unspecified atom stereocenters. The molecule has 0 bridgehead atoms. The Morgan fingerprint density at radius 3 is 1.90 bits per heavy atom. The van der Waals surface area contributed by atoms with Crippen molar-refractivity contribution in [2.45, 2.75) is 6.18 Å². The average molecular weight is 414 g/mol. The number of carbonyl (C=O) groups is 2. The number of halogens is 4. The maximum absolute atomic E-state index is 12.9. The lowest BCUT2D eigenvalue weighted by atomic mass is 10.1. The second-order valence-corrected chi connectivity index (χ2v) is 6.24. The second-order valence-electron chi connectivity index (χ2n) is 6.24. The minimum absolute atomic E-state index is 0.0367. The molecule has 7 heteroatoms. The molecule has 0 aliphatic carbocycles. The first-order valence-electron chi connectivity index (χ1n) is 8.70. The van der Waals surface area contributed by atoms with E-state index < -0.39 is 17.7 Å². The fraction of sp³-hybridized carbons (Fsp3) is 0.0435. The van der Waals surface area contributed by atoms with E-state index in [-0.39, 0.29) is 22.9 Å². The third kappa shape index (κ3) is 5.41. The topological polar surface area (TPSA) is 43.4 Å². The second kappa shape index (κ2) is 8.73. The van der Waals surface area contributed by atoms with Crippen LogP contribution in [0.15, 0.2) is 78.9 Å². The Bertz CT molecular complexity index is 1070. The first-order valence-corrected chi connectivity index (χ1v) is 8.70. The SMILES string of the molecule is O=C(/C=C/c1ccc(F)cc1)c1ccc(OC(=O)c2ccc(C(F)(F)F)cc2)cc1. The minimum atomic E-state index is -4.49. The predicted molar refractivity (Wildman–Crippen MR) is 103 cm³/mol. The van der Waals surface area contributed by atoms with Crippen LogP contribution in [0, 0.1) is 5.82 Å². The molecule has 0 aromatic heterocycles. The Labute approximate surface area is 169 Å². The van der Waals surface area contributed by atoms with Gasteiger partial charge in [0, 0.05) is 5.56 Å². The van der Waals surface area contributed by atoms with Crippen LogP contribution in [0.1, 0.15) is 31.8 Å². The van der Waals surface area contributed by atoms with Crippen LogP contribution in [0.2, 0.25) is 0 Å². The Morgan fingerprint density at radius 2 is 1.33 bits per heavy atom. The molecule has 3 aromatic carbocycles. The molecule has 0 spiro atoms. The molecule has 0 N–H and O–H groups in total. The molecule has 0 aliphatic rings. The van der Waals surface area contributed by atoms with Gasteiger partial charge in [-0.05, 0) is 72.3 Å². The van der Waals surface area contributed by atoms with Crippen molar-refractivity contribution in [3.63, 3.8) is 0 Å². The number of esters is 1. The van der Waals surface area contributed by atoms with Gasteiger partial charge in [-0.3, -0.25) is 4.79 Å². The van der Waals surface area contributed by atoms with Gasteiger partial charge in [-0.1, -0.05) is 18.2 Å². The van der Waals surface area contributed by atoms with Crippen molar-refractivity contribution in [2.24, 2.45) is 0 Å². The van der Waals surface area contributed by atoms with Crippen molar-refractivity contribution in [2.75, 3.05) is 0 Å².